The Labute approximate surface area is 168 Å². The first-order valence-electron chi connectivity index (χ1n) is 9.92. The molecule has 0 amide bonds. The van der Waals surface area contributed by atoms with Crippen LogP contribution in [0.3, 0.4) is 0 Å². The van der Waals surface area contributed by atoms with Gasteiger partial charge in [0.2, 0.25) is 5.95 Å². The second kappa shape index (κ2) is 6.64. The van der Waals surface area contributed by atoms with Crippen LogP contribution in [0.4, 0.5) is 11.8 Å². The summed E-state index contributed by atoms with van der Waals surface area (Å²) in [4.78, 5) is 20.2. The molecule has 9 heteroatoms. The predicted octanol–water partition coefficient (Wildman–Crippen LogP) is 1.61. The van der Waals surface area contributed by atoms with Crippen molar-refractivity contribution in [3.8, 4) is 11.3 Å². The highest BCUT2D eigenvalue weighted by atomic mass is 16.5. The minimum atomic E-state index is -0.570. The number of aromatic nitrogens is 5. The molecule has 1 aliphatic heterocycles. The van der Waals surface area contributed by atoms with Crippen molar-refractivity contribution in [1.29, 1.82) is 0 Å². The molecule has 9 nitrogen and oxygen atoms in total. The molecule has 0 aromatic carbocycles. The molecule has 0 bridgehead atoms. The van der Waals surface area contributed by atoms with Crippen molar-refractivity contribution < 1.29 is 9.84 Å². The van der Waals surface area contributed by atoms with Crippen LogP contribution in [0, 0.1) is 5.41 Å². The fourth-order valence-corrected chi connectivity index (χ4v) is 4.32. The van der Waals surface area contributed by atoms with Crippen molar-refractivity contribution in [3.63, 3.8) is 0 Å². The number of morpholine rings is 1. The third-order valence-electron chi connectivity index (χ3n) is 5.69. The van der Waals surface area contributed by atoms with Crippen LogP contribution in [-0.4, -0.2) is 55.7 Å². The molecule has 0 saturated carbocycles. The molecule has 1 saturated heterocycles. The molecule has 5 rings (SSSR count). The highest BCUT2D eigenvalue weighted by Crippen LogP contribution is 2.42. The summed E-state index contributed by atoms with van der Waals surface area (Å²) in [6, 6.07) is 0. The predicted molar refractivity (Wildman–Crippen MR) is 109 cm³/mol. The third-order valence-corrected chi connectivity index (χ3v) is 5.69. The molecule has 0 radical (unpaired) electrons. The van der Waals surface area contributed by atoms with Gasteiger partial charge in [-0.3, -0.25) is 4.40 Å². The Morgan fingerprint density at radius 3 is 2.62 bits per heavy atom. The van der Waals surface area contributed by atoms with Gasteiger partial charge in [0.15, 0.2) is 11.5 Å². The van der Waals surface area contributed by atoms with Crippen LogP contribution >= 0.6 is 0 Å². The van der Waals surface area contributed by atoms with Gasteiger partial charge in [0.05, 0.1) is 36.4 Å². The normalized spacial score (nSPS) is 21.3. The number of fused-ring (bicyclic) bond motifs is 3. The summed E-state index contributed by atoms with van der Waals surface area (Å²) in [6.45, 7) is 7.13. The Bertz CT molecular complexity index is 1050. The number of ether oxygens (including phenoxy) is 1. The maximum absolute atomic E-state index is 10.9. The van der Waals surface area contributed by atoms with Crippen LogP contribution in [0.1, 0.15) is 37.8 Å². The Balaban J connectivity index is 1.73. The molecule has 3 aromatic heterocycles. The smallest absolute Gasteiger partial charge is 0.219 e. The van der Waals surface area contributed by atoms with Crippen molar-refractivity contribution >= 4 is 17.4 Å². The monoisotopic (exact) mass is 395 g/mol. The van der Waals surface area contributed by atoms with Gasteiger partial charge >= 0.3 is 0 Å². The van der Waals surface area contributed by atoms with E-state index in [0.717, 1.165) is 53.6 Å². The maximum Gasteiger partial charge on any atom is 0.219 e. The average molecular weight is 395 g/mol. The number of anilines is 2. The van der Waals surface area contributed by atoms with E-state index in [9.17, 15) is 5.11 Å². The van der Waals surface area contributed by atoms with E-state index in [1.807, 2.05) is 10.6 Å². The van der Waals surface area contributed by atoms with Gasteiger partial charge in [0.1, 0.15) is 0 Å². The average Bonchev–Trinajstić information content (AvgIpc) is 3.05. The number of aliphatic hydroxyl groups excluding tert-OH is 1. The Kier molecular flexibility index (Phi) is 4.18. The van der Waals surface area contributed by atoms with Crippen LogP contribution < -0.4 is 10.6 Å². The van der Waals surface area contributed by atoms with Crippen LogP contribution in [0.15, 0.2) is 18.6 Å². The lowest BCUT2D eigenvalue weighted by molar-refractivity contribution is 0.0944. The van der Waals surface area contributed by atoms with E-state index in [-0.39, 0.29) is 11.4 Å². The third kappa shape index (κ3) is 3.20. The van der Waals surface area contributed by atoms with Crippen molar-refractivity contribution in [2.75, 3.05) is 36.9 Å². The van der Waals surface area contributed by atoms with Crippen LogP contribution in [-0.2, 0) is 11.2 Å². The molecule has 2 aliphatic rings. The molecular formula is C20H25N7O2. The van der Waals surface area contributed by atoms with Gasteiger partial charge in [-0.05, 0) is 18.3 Å². The molecule has 152 valence electrons. The van der Waals surface area contributed by atoms with E-state index in [2.05, 4.69) is 28.7 Å². The summed E-state index contributed by atoms with van der Waals surface area (Å²) in [5, 5.41) is 10.9. The number of nitrogens with zero attached hydrogens (tertiary/aromatic N) is 6. The molecule has 3 aromatic rings. The summed E-state index contributed by atoms with van der Waals surface area (Å²) in [5.41, 5.74) is 9.71. The van der Waals surface area contributed by atoms with E-state index in [1.165, 1.54) is 0 Å². The lowest BCUT2D eigenvalue weighted by atomic mass is 9.76. The van der Waals surface area contributed by atoms with Crippen molar-refractivity contribution in [2.45, 2.75) is 32.8 Å². The van der Waals surface area contributed by atoms with E-state index in [1.54, 1.807) is 12.4 Å². The van der Waals surface area contributed by atoms with Gasteiger partial charge < -0.3 is 20.5 Å². The molecule has 1 aliphatic carbocycles. The maximum atomic E-state index is 10.9. The first-order chi connectivity index (χ1) is 13.9. The Hall–Kier alpha value is -2.78. The van der Waals surface area contributed by atoms with Crippen LogP contribution in [0.25, 0.3) is 16.9 Å². The number of hydrogen-bond acceptors (Lipinski definition) is 8. The second-order valence-corrected chi connectivity index (χ2v) is 8.58. The Morgan fingerprint density at radius 1 is 1.17 bits per heavy atom. The number of hydrogen-bond donors (Lipinski definition) is 2. The minimum absolute atomic E-state index is 0.00450. The van der Waals surface area contributed by atoms with Gasteiger partial charge in [-0.2, -0.15) is 0 Å². The zero-order chi connectivity index (χ0) is 20.2. The minimum Gasteiger partial charge on any atom is -0.387 e. The topological polar surface area (TPSA) is 115 Å². The van der Waals surface area contributed by atoms with Crippen LogP contribution in [0.2, 0.25) is 0 Å². The van der Waals surface area contributed by atoms with E-state index >= 15 is 0 Å². The van der Waals surface area contributed by atoms with Gasteiger partial charge in [0.25, 0.3) is 0 Å². The van der Waals surface area contributed by atoms with Gasteiger partial charge in [-0.15, -0.1) is 0 Å². The first-order valence-corrected chi connectivity index (χ1v) is 9.92. The summed E-state index contributed by atoms with van der Waals surface area (Å²) in [7, 11) is 0. The molecule has 1 atom stereocenters. The molecule has 4 heterocycles. The highest BCUT2D eigenvalue weighted by Gasteiger charge is 2.36. The standard InChI is InChI=1S/C20H25N7O2/c1-20(2)7-13-16(15(28)8-20)27-11-14(12-9-22-19(21)23-10-12)25-17(18(27)24-13)26-3-5-29-6-4-26/h9-11,15,28H,3-8H2,1-2H3,(H2,21,22,23)/t15-/m1/s1. The molecule has 29 heavy (non-hydrogen) atoms. The molecular weight excluding hydrogens is 370 g/mol. The summed E-state index contributed by atoms with van der Waals surface area (Å²) < 4.78 is 7.52. The fraction of sp³-hybridized carbons (Fsp3) is 0.500. The first kappa shape index (κ1) is 18.3. The number of aliphatic hydroxyl groups is 1. The van der Waals surface area contributed by atoms with E-state index in [0.29, 0.717) is 19.6 Å². The molecule has 3 N–H and O–H groups in total. The second-order valence-electron chi connectivity index (χ2n) is 8.58. The lowest BCUT2D eigenvalue weighted by Crippen LogP contribution is -2.37. The van der Waals surface area contributed by atoms with Gasteiger partial charge in [-0.25, -0.2) is 19.9 Å². The molecule has 0 unspecified atom stereocenters. The fourth-order valence-electron chi connectivity index (χ4n) is 4.32. The SMILES string of the molecule is CC1(C)Cc2nc3c(N4CCOCC4)nc(-c4cnc(N)nc4)cn3c2[C@H](O)C1. The summed E-state index contributed by atoms with van der Waals surface area (Å²) in [6.07, 6.45) is 6.21. The van der Waals surface area contributed by atoms with Crippen molar-refractivity contribution in [1.82, 2.24) is 24.3 Å². The Morgan fingerprint density at radius 2 is 1.90 bits per heavy atom. The van der Waals surface area contributed by atoms with Crippen molar-refractivity contribution in [3.05, 3.63) is 30.0 Å². The quantitative estimate of drug-likeness (QED) is 0.673. The highest BCUT2D eigenvalue weighted by molar-refractivity contribution is 5.71. The number of nitrogen functional groups attached to an aromatic ring is 1. The molecule has 1 fully saturated rings. The summed E-state index contributed by atoms with van der Waals surface area (Å²) in [5.74, 6) is 1.02. The summed E-state index contributed by atoms with van der Waals surface area (Å²) >= 11 is 0. The van der Waals surface area contributed by atoms with E-state index in [4.69, 9.17) is 20.4 Å². The zero-order valence-electron chi connectivity index (χ0n) is 16.7. The van der Waals surface area contributed by atoms with Gasteiger partial charge in [-0.1, -0.05) is 13.8 Å². The number of imidazole rings is 1. The van der Waals surface area contributed by atoms with Gasteiger partial charge in [0, 0.05) is 37.2 Å². The number of rotatable bonds is 2. The molecule has 0 spiro atoms. The zero-order valence-corrected chi connectivity index (χ0v) is 16.7. The number of nitrogens with two attached hydrogens (primary N) is 1. The lowest BCUT2D eigenvalue weighted by Gasteiger charge is -2.32. The van der Waals surface area contributed by atoms with E-state index < -0.39 is 6.10 Å². The van der Waals surface area contributed by atoms with Crippen LogP contribution in [0.5, 0.6) is 0 Å². The van der Waals surface area contributed by atoms with Crippen molar-refractivity contribution in [2.24, 2.45) is 5.41 Å². The largest absolute Gasteiger partial charge is 0.387 e.